The van der Waals surface area contributed by atoms with Crippen molar-refractivity contribution in [2.75, 3.05) is 0 Å². The molecule has 0 heterocycles. The van der Waals surface area contributed by atoms with Gasteiger partial charge in [-0.25, -0.2) is 4.39 Å². The van der Waals surface area contributed by atoms with Crippen LogP contribution in [-0.4, -0.2) is 0 Å². The fourth-order valence-corrected chi connectivity index (χ4v) is 1.63. The van der Waals surface area contributed by atoms with Crippen LogP contribution in [0.15, 0.2) is 42.5 Å². The quantitative estimate of drug-likeness (QED) is 0.822. The summed E-state index contributed by atoms with van der Waals surface area (Å²) in [6.07, 6.45) is 0. The Morgan fingerprint density at radius 3 is 2.67 bits per heavy atom. The molecular formula is C15H12FNO. The zero-order valence-electron chi connectivity index (χ0n) is 9.98. The van der Waals surface area contributed by atoms with E-state index in [2.05, 4.69) is 6.07 Å². The highest BCUT2D eigenvalue weighted by molar-refractivity contribution is 5.41. The Hall–Kier alpha value is -2.34. The highest BCUT2D eigenvalue weighted by atomic mass is 19.1. The number of aryl methyl sites for hydroxylation is 1. The second-order valence-corrected chi connectivity index (χ2v) is 3.97. The maximum absolute atomic E-state index is 13.4. The zero-order valence-corrected chi connectivity index (χ0v) is 9.98. The molecule has 0 aliphatic carbocycles. The summed E-state index contributed by atoms with van der Waals surface area (Å²) in [6, 6.07) is 13.8. The largest absolute Gasteiger partial charge is 0.489 e. The fourth-order valence-electron chi connectivity index (χ4n) is 1.63. The minimum absolute atomic E-state index is 0.179. The molecule has 0 saturated carbocycles. The molecular weight excluding hydrogens is 229 g/mol. The normalized spacial score (nSPS) is 9.83. The molecule has 0 spiro atoms. The van der Waals surface area contributed by atoms with Gasteiger partial charge in [-0.2, -0.15) is 5.26 Å². The monoisotopic (exact) mass is 241 g/mol. The Bertz CT molecular complexity index is 602. The molecule has 0 N–H and O–H groups in total. The van der Waals surface area contributed by atoms with E-state index in [-0.39, 0.29) is 12.4 Å². The van der Waals surface area contributed by atoms with Crippen LogP contribution in [0.2, 0.25) is 0 Å². The number of benzene rings is 2. The van der Waals surface area contributed by atoms with Crippen molar-refractivity contribution in [3.8, 4) is 11.8 Å². The van der Waals surface area contributed by atoms with Crippen LogP contribution >= 0.6 is 0 Å². The second kappa shape index (κ2) is 5.33. The molecule has 0 unspecified atom stereocenters. The van der Waals surface area contributed by atoms with Crippen LogP contribution in [-0.2, 0) is 6.61 Å². The summed E-state index contributed by atoms with van der Waals surface area (Å²) in [5, 5.41) is 8.81. The molecule has 0 bridgehead atoms. The van der Waals surface area contributed by atoms with E-state index in [0.717, 1.165) is 5.56 Å². The van der Waals surface area contributed by atoms with E-state index in [1.165, 1.54) is 6.07 Å². The second-order valence-electron chi connectivity index (χ2n) is 3.97. The van der Waals surface area contributed by atoms with Gasteiger partial charge < -0.3 is 4.74 Å². The first-order valence-corrected chi connectivity index (χ1v) is 5.57. The van der Waals surface area contributed by atoms with Crippen LogP contribution < -0.4 is 4.74 Å². The van der Waals surface area contributed by atoms with Gasteiger partial charge in [0.05, 0.1) is 11.6 Å². The maximum Gasteiger partial charge on any atom is 0.129 e. The molecule has 0 radical (unpaired) electrons. The minimum Gasteiger partial charge on any atom is -0.489 e. The molecule has 0 fully saturated rings. The van der Waals surface area contributed by atoms with Gasteiger partial charge in [-0.15, -0.1) is 0 Å². The van der Waals surface area contributed by atoms with E-state index in [1.807, 2.05) is 6.92 Å². The van der Waals surface area contributed by atoms with Crippen molar-refractivity contribution >= 4 is 0 Å². The van der Waals surface area contributed by atoms with Crippen LogP contribution in [0.1, 0.15) is 16.7 Å². The van der Waals surface area contributed by atoms with Gasteiger partial charge >= 0.3 is 0 Å². The van der Waals surface area contributed by atoms with E-state index in [9.17, 15) is 4.39 Å². The molecule has 2 aromatic rings. The van der Waals surface area contributed by atoms with Crippen LogP contribution in [0.5, 0.6) is 5.75 Å². The van der Waals surface area contributed by atoms with E-state index < -0.39 is 0 Å². The molecule has 0 aliphatic rings. The predicted molar refractivity (Wildman–Crippen MR) is 66.6 cm³/mol. The summed E-state index contributed by atoms with van der Waals surface area (Å²) in [6.45, 7) is 2.02. The van der Waals surface area contributed by atoms with Crippen molar-refractivity contribution in [1.82, 2.24) is 0 Å². The lowest BCUT2D eigenvalue weighted by atomic mass is 10.1. The Morgan fingerprint density at radius 2 is 2.00 bits per heavy atom. The molecule has 2 rings (SSSR count). The molecule has 0 saturated heterocycles. The first-order chi connectivity index (χ1) is 8.70. The van der Waals surface area contributed by atoms with Crippen LogP contribution in [0.4, 0.5) is 4.39 Å². The lowest BCUT2D eigenvalue weighted by Crippen LogP contribution is -1.98. The van der Waals surface area contributed by atoms with Crippen molar-refractivity contribution in [3.05, 3.63) is 65.0 Å². The third-order valence-corrected chi connectivity index (χ3v) is 2.67. The SMILES string of the molecule is Cc1cc(OCc2ccccc2F)ccc1C#N. The van der Waals surface area contributed by atoms with Gasteiger partial charge in [-0.05, 0) is 36.8 Å². The first kappa shape index (κ1) is 12.1. The summed E-state index contributed by atoms with van der Waals surface area (Å²) in [7, 11) is 0. The van der Waals surface area contributed by atoms with Gasteiger partial charge in [0.1, 0.15) is 18.2 Å². The van der Waals surface area contributed by atoms with Crippen LogP contribution in [0.25, 0.3) is 0 Å². The van der Waals surface area contributed by atoms with E-state index in [1.54, 1.807) is 36.4 Å². The lowest BCUT2D eigenvalue weighted by molar-refractivity contribution is 0.299. The molecule has 2 aromatic carbocycles. The molecule has 0 atom stereocenters. The summed E-state index contributed by atoms with van der Waals surface area (Å²) < 4.78 is 18.9. The fraction of sp³-hybridized carbons (Fsp3) is 0.133. The summed E-state index contributed by atoms with van der Waals surface area (Å²) in [4.78, 5) is 0. The van der Waals surface area contributed by atoms with Crippen molar-refractivity contribution < 1.29 is 9.13 Å². The number of halogens is 1. The molecule has 18 heavy (non-hydrogen) atoms. The molecule has 90 valence electrons. The number of ether oxygens (including phenoxy) is 1. The lowest BCUT2D eigenvalue weighted by Gasteiger charge is -2.08. The average molecular weight is 241 g/mol. The van der Waals surface area contributed by atoms with Gasteiger partial charge in [0.25, 0.3) is 0 Å². The maximum atomic E-state index is 13.4. The van der Waals surface area contributed by atoms with E-state index in [0.29, 0.717) is 16.9 Å². The van der Waals surface area contributed by atoms with Crippen molar-refractivity contribution in [1.29, 1.82) is 5.26 Å². The van der Waals surface area contributed by atoms with Crippen molar-refractivity contribution in [3.63, 3.8) is 0 Å². The molecule has 0 aliphatic heterocycles. The molecule has 0 amide bonds. The number of nitrogens with zero attached hydrogens (tertiary/aromatic N) is 1. The third-order valence-electron chi connectivity index (χ3n) is 2.67. The van der Waals surface area contributed by atoms with Gasteiger partial charge in [0, 0.05) is 5.56 Å². The Morgan fingerprint density at radius 1 is 1.22 bits per heavy atom. The van der Waals surface area contributed by atoms with E-state index >= 15 is 0 Å². The molecule has 2 nitrogen and oxygen atoms in total. The van der Waals surface area contributed by atoms with Gasteiger partial charge in [0.15, 0.2) is 0 Å². The molecule has 3 heteroatoms. The third kappa shape index (κ3) is 2.67. The van der Waals surface area contributed by atoms with Crippen LogP contribution in [0, 0.1) is 24.1 Å². The summed E-state index contributed by atoms with van der Waals surface area (Å²) in [5.74, 6) is 0.359. The zero-order chi connectivity index (χ0) is 13.0. The van der Waals surface area contributed by atoms with Gasteiger partial charge in [0.2, 0.25) is 0 Å². The van der Waals surface area contributed by atoms with Gasteiger partial charge in [-0.1, -0.05) is 18.2 Å². The smallest absolute Gasteiger partial charge is 0.129 e. The summed E-state index contributed by atoms with van der Waals surface area (Å²) in [5.41, 5.74) is 1.98. The number of rotatable bonds is 3. The van der Waals surface area contributed by atoms with Crippen molar-refractivity contribution in [2.45, 2.75) is 13.5 Å². The first-order valence-electron chi connectivity index (χ1n) is 5.57. The molecule has 0 aromatic heterocycles. The van der Waals surface area contributed by atoms with Gasteiger partial charge in [-0.3, -0.25) is 0 Å². The predicted octanol–water partition coefficient (Wildman–Crippen LogP) is 3.58. The number of hydrogen-bond donors (Lipinski definition) is 0. The highest BCUT2D eigenvalue weighted by Gasteiger charge is 2.03. The minimum atomic E-state index is -0.275. The van der Waals surface area contributed by atoms with Crippen molar-refractivity contribution in [2.24, 2.45) is 0 Å². The standard InChI is InChI=1S/C15H12FNO/c1-11-8-14(7-6-12(11)9-17)18-10-13-4-2-3-5-15(13)16/h2-8H,10H2,1H3. The van der Waals surface area contributed by atoms with E-state index in [4.69, 9.17) is 10.00 Å². The number of nitriles is 1. The average Bonchev–Trinajstić information content (AvgIpc) is 2.38. The Labute approximate surface area is 105 Å². The Balaban J connectivity index is 2.10. The highest BCUT2D eigenvalue weighted by Crippen LogP contribution is 2.18. The van der Waals surface area contributed by atoms with Crippen LogP contribution in [0.3, 0.4) is 0 Å². The Kier molecular flexibility index (Phi) is 3.59. The topological polar surface area (TPSA) is 33.0 Å². The number of hydrogen-bond acceptors (Lipinski definition) is 2. The summed E-state index contributed by atoms with van der Waals surface area (Å²) >= 11 is 0.